The van der Waals surface area contributed by atoms with Crippen LogP contribution in [0.4, 0.5) is 0 Å². The molecule has 0 atom stereocenters. The average Bonchev–Trinajstić information content (AvgIpc) is 3.09. The maximum Gasteiger partial charge on any atom is 0.248 e. The molecule has 0 aromatic heterocycles. The van der Waals surface area contributed by atoms with Crippen molar-refractivity contribution in [2.24, 2.45) is 11.7 Å². The van der Waals surface area contributed by atoms with Crippen LogP contribution in [0.25, 0.3) is 0 Å². The zero-order valence-electron chi connectivity index (χ0n) is 10.3. The molecule has 1 aliphatic carbocycles. The summed E-state index contributed by atoms with van der Waals surface area (Å²) in [5.41, 5.74) is 8.19. The lowest BCUT2D eigenvalue weighted by Crippen LogP contribution is -2.17. The third kappa shape index (κ3) is 3.56. The van der Waals surface area contributed by atoms with Crippen LogP contribution in [0.2, 0.25) is 0 Å². The first-order chi connectivity index (χ1) is 8.16. The van der Waals surface area contributed by atoms with Crippen LogP contribution in [0.1, 0.15) is 40.7 Å². The van der Waals surface area contributed by atoms with Crippen LogP contribution in [-0.2, 0) is 6.54 Å². The van der Waals surface area contributed by atoms with Gasteiger partial charge in [0.1, 0.15) is 0 Å². The standard InChI is InChI=1S/C14H20N2O/c1-10-8-12(14(15)17)4-5-13(10)9-16-7-6-11-2-3-11/h4-5,8,11,16H,2-3,6-7,9H2,1H3,(H2,15,17). The lowest BCUT2D eigenvalue weighted by atomic mass is 10.0. The van der Waals surface area contributed by atoms with Crippen molar-refractivity contribution in [2.75, 3.05) is 6.54 Å². The fourth-order valence-corrected chi connectivity index (χ4v) is 1.98. The molecule has 0 heterocycles. The van der Waals surface area contributed by atoms with E-state index in [0.717, 1.165) is 24.6 Å². The maximum absolute atomic E-state index is 11.0. The number of nitrogens with two attached hydrogens (primary N) is 1. The highest BCUT2D eigenvalue weighted by Crippen LogP contribution is 2.31. The van der Waals surface area contributed by atoms with Gasteiger partial charge in [0, 0.05) is 12.1 Å². The number of hydrogen-bond acceptors (Lipinski definition) is 2. The summed E-state index contributed by atoms with van der Waals surface area (Å²) in [4.78, 5) is 11.0. The Morgan fingerprint density at radius 3 is 2.82 bits per heavy atom. The molecular formula is C14H20N2O. The van der Waals surface area contributed by atoms with Gasteiger partial charge in [-0.05, 0) is 49.1 Å². The van der Waals surface area contributed by atoms with Crippen LogP contribution in [0, 0.1) is 12.8 Å². The minimum Gasteiger partial charge on any atom is -0.366 e. The van der Waals surface area contributed by atoms with Crippen molar-refractivity contribution in [3.63, 3.8) is 0 Å². The number of benzene rings is 1. The molecule has 2 rings (SSSR count). The number of carbonyl (C=O) groups excluding carboxylic acids is 1. The number of rotatable bonds is 6. The van der Waals surface area contributed by atoms with Crippen LogP contribution >= 0.6 is 0 Å². The quantitative estimate of drug-likeness (QED) is 0.737. The molecule has 3 N–H and O–H groups in total. The van der Waals surface area contributed by atoms with Crippen LogP contribution in [0.3, 0.4) is 0 Å². The molecule has 0 radical (unpaired) electrons. The molecule has 1 amide bonds. The Kier molecular flexibility index (Phi) is 3.79. The van der Waals surface area contributed by atoms with Gasteiger partial charge in [-0.3, -0.25) is 4.79 Å². The molecule has 3 nitrogen and oxygen atoms in total. The summed E-state index contributed by atoms with van der Waals surface area (Å²) in [6.45, 7) is 3.98. The second kappa shape index (κ2) is 5.32. The third-order valence-corrected chi connectivity index (χ3v) is 3.37. The molecule has 0 bridgehead atoms. The first-order valence-corrected chi connectivity index (χ1v) is 6.27. The lowest BCUT2D eigenvalue weighted by molar-refractivity contribution is 0.1000. The fourth-order valence-electron chi connectivity index (χ4n) is 1.98. The number of nitrogens with one attached hydrogen (secondary N) is 1. The maximum atomic E-state index is 11.0. The molecule has 0 saturated heterocycles. The first-order valence-electron chi connectivity index (χ1n) is 6.27. The number of aryl methyl sites for hydroxylation is 1. The van der Waals surface area contributed by atoms with Crippen molar-refractivity contribution in [3.8, 4) is 0 Å². The third-order valence-electron chi connectivity index (χ3n) is 3.37. The highest BCUT2D eigenvalue weighted by atomic mass is 16.1. The predicted molar refractivity (Wildman–Crippen MR) is 68.7 cm³/mol. The monoisotopic (exact) mass is 232 g/mol. The molecule has 0 unspecified atom stereocenters. The second-order valence-corrected chi connectivity index (χ2v) is 4.91. The first kappa shape index (κ1) is 12.1. The number of carbonyl (C=O) groups is 1. The van der Waals surface area contributed by atoms with Crippen molar-refractivity contribution in [1.82, 2.24) is 5.32 Å². The normalized spacial score (nSPS) is 14.9. The molecule has 1 aliphatic rings. The minimum atomic E-state index is -0.360. The smallest absolute Gasteiger partial charge is 0.248 e. The Morgan fingerprint density at radius 1 is 1.47 bits per heavy atom. The molecule has 1 fully saturated rings. The van der Waals surface area contributed by atoms with Gasteiger partial charge >= 0.3 is 0 Å². The summed E-state index contributed by atoms with van der Waals surface area (Å²) in [7, 11) is 0. The lowest BCUT2D eigenvalue weighted by Gasteiger charge is -2.08. The van der Waals surface area contributed by atoms with Gasteiger partial charge < -0.3 is 11.1 Å². The van der Waals surface area contributed by atoms with E-state index in [4.69, 9.17) is 5.73 Å². The largest absolute Gasteiger partial charge is 0.366 e. The molecule has 1 aromatic carbocycles. The molecule has 92 valence electrons. The number of amides is 1. The molecule has 17 heavy (non-hydrogen) atoms. The second-order valence-electron chi connectivity index (χ2n) is 4.91. The molecule has 3 heteroatoms. The topological polar surface area (TPSA) is 55.1 Å². The van der Waals surface area contributed by atoms with E-state index < -0.39 is 0 Å². The Labute approximate surface area is 102 Å². The molecular weight excluding hydrogens is 212 g/mol. The van der Waals surface area contributed by atoms with E-state index in [1.807, 2.05) is 19.1 Å². The van der Waals surface area contributed by atoms with Crippen LogP contribution in [0.15, 0.2) is 18.2 Å². The van der Waals surface area contributed by atoms with Gasteiger partial charge in [0.15, 0.2) is 0 Å². The van der Waals surface area contributed by atoms with Gasteiger partial charge in [0.25, 0.3) is 0 Å². The summed E-state index contributed by atoms with van der Waals surface area (Å²) in [5.74, 6) is 0.613. The fraction of sp³-hybridized carbons (Fsp3) is 0.500. The van der Waals surface area contributed by atoms with Gasteiger partial charge in [-0.25, -0.2) is 0 Å². The van der Waals surface area contributed by atoms with Crippen molar-refractivity contribution in [2.45, 2.75) is 32.7 Å². The van der Waals surface area contributed by atoms with Gasteiger partial charge in [0.2, 0.25) is 5.91 Å². The minimum absolute atomic E-state index is 0.360. The van der Waals surface area contributed by atoms with Crippen LogP contribution in [0.5, 0.6) is 0 Å². The summed E-state index contributed by atoms with van der Waals surface area (Å²) in [5, 5.41) is 3.45. The van der Waals surface area contributed by atoms with E-state index in [1.54, 1.807) is 6.07 Å². The molecule has 1 aromatic rings. The van der Waals surface area contributed by atoms with E-state index in [-0.39, 0.29) is 5.91 Å². The zero-order valence-corrected chi connectivity index (χ0v) is 10.3. The van der Waals surface area contributed by atoms with Gasteiger partial charge in [0.05, 0.1) is 0 Å². The van der Waals surface area contributed by atoms with E-state index in [0.29, 0.717) is 5.56 Å². The molecule has 0 aliphatic heterocycles. The highest BCUT2D eigenvalue weighted by Gasteiger charge is 2.19. The van der Waals surface area contributed by atoms with Crippen molar-refractivity contribution < 1.29 is 4.79 Å². The molecule has 0 spiro atoms. The number of primary amides is 1. The molecule has 1 saturated carbocycles. The van der Waals surface area contributed by atoms with Gasteiger partial charge in [-0.1, -0.05) is 18.9 Å². The van der Waals surface area contributed by atoms with Crippen LogP contribution < -0.4 is 11.1 Å². The van der Waals surface area contributed by atoms with Gasteiger partial charge in [-0.2, -0.15) is 0 Å². The van der Waals surface area contributed by atoms with E-state index in [2.05, 4.69) is 5.32 Å². The predicted octanol–water partition coefficient (Wildman–Crippen LogP) is 1.98. The van der Waals surface area contributed by atoms with Crippen molar-refractivity contribution >= 4 is 5.91 Å². The summed E-state index contributed by atoms with van der Waals surface area (Å²) in [6, 6.07) is 5.65. The Morgan fingerprint density at radius 2 is 2.24 bits per heavy atom. The summed E-state index contributed by atoms with van der Waals surface area (Å²) >= 11 is 0. The highest BCUT2D eigenvalue weighted by molar-refractivity contribution is 5.93. The van der Waals surface area contributed by atoms with E-state index in [1.165, 1.54) is 24.8 Å². The Balaban J connectivity index is 1.84. The van der Waals surface area contributed by atoms with Crippen molar-refractivity contribution in [1.29, 1.82) is 0 Å². The Hall–Kier alpha value is -1.35. The summed E-state index contributed by atoms with van der Waals surface area (Å²) < 4.78 is 0. The average molecular weight is 232 g/mol. The Bertz CT molecular complexity index is 411. The SMILES string of the molecule is Cc1cc(C(N)=O)ccc1CNCCC1CC1. The van der Waals surface area contributed by atoms with Crippen molar-refractivity contribution in [3.05, 3.63) is 34.9 Å². The van der Waals surface area contributed by atoms with Crippen LogP contribution in [-0.4, -0.2) is 12.5 Å². The zero-order chi connectivity index (χ0) is 12.3. The number of hydrogen-bond donors (Lipinski definition) is 2. The van der Waals surface area contributed by atoms with Gasteiger partial charge in [-0.15, -0.1) is 0 Å². The van der Waals surface area contributed by atoms with E-state index >= 15 is 0 Å². The summed E-state index contributed by atoms with van der Waals surface area (Å²) in [6.07, 6.45) is 4.11. The van der Waals surface area contributed by atoms with E-state index in [9.17, 15) is 4.79 Å².